The number of nitrogens with zero attached hydrogens (tertiary/aromatic N) is 1. The van der Waals surface area contributed by atoms with Gasteiger partial charge < -0.3 is 9.46 Å². The second-order valence-electron chi connectivity index (χ2n) is 6.54. The van der Waals surface area contributed by atoms with Gasteiger partial charge in [-0.05, 0) is 42.0 Å². The van der Waals surface area contributed by atoms with Crippen LogP contribution in [-0.4, -0.2) is 4.98 Å². The molecule has 7 heteroatoms. The molecule has 1 aromatic heterocycles. The topological polar surface area (TPSA) is 65.0 Å². The van der Waals surface area contributed by atoms with E-state index in [0.717, 1.165) is 52.7 Å². The third-order valence-electron chi connectivity index (χ3n) is 4.79. The number of nitrogens with one attached hydrogen (secondary N) is 1. The minimum Gasteiger partial charge on any atom is -0.780 e. The fraction of sp³-hybridized carbons (Fsp3) is 0.250. The largest absolute Gasteiger partial charge is 1.00 e. The van der Waals surface area contributed by atoms with Gasteiger partial charge in [0.05, 0.1) is 5.52 Å². The van der Waals surface area contributed by atoms with Crippen LogP contribution in [0.1, 0.15) is 35.6 Å². The van der Waals surface area contributed by atoms with Gasteiger partial charge in [0.2, 0.25) is 0 Å². The van der Waals surface area contributed by atoms with Crippen molar-refractivity contribution in [3.8, 4) is 0 Å². The van der Waals surface area contributed by atoms with Gasteiger partial charge in [0.25, 0.3) is 0 Å². The molecule has 4 rings (SSSR count). The first-order valence-electron chi connectivity index (χ1n) is 8.76. The fourth-order valence-corrected chi connectivity index (χ4v) is 6.35. The van der Waals surface area contributed by atoms with Crippen LogP contribution in [0.15, 0.2) is 60.8 Å². The molecule has 1 N–H and O–H groups in total. The smallest absolute Gasteiger partial charge is 0.780 e. The summed E-state index contributed by atoms with van der Waals surface area (Å²) in [4.78, 5) is 17.1. The number of hydrogen-bond donors (Lipinski definition) is 1. The Morgan fingerprint density at radius 3 is 2.85 bits per heavy atom. The van der Waals surface area contributed by atoms with Crippen LogP contribution in [0.5, 0.6) is 0 Å². The quantitative estimate of drug-likeness (QED) is 0.515. The third-order valence-corrected chi connectivity index (χ3v) is 7.92. The summed E-state index contributed by atoms with van der Waals surface area (Å²) in [6, 6.07) is 17.7. The second-order valence-corrected chi connectivity index (χ2v) is 10.6. The minimum absolute atomic E-state index is 0. The van der Waals surface area contributed by atoms with Gasteiger partial charge in [0, 0.05) is 23.4 Å². The monoisotopic (exact) mass is 406 g/mol. The summed E-state index contributed by atoms with van der Waals surface area (Å²) in [6.07, 6.45) is 4.61. The van der Waals surface area contributed by atoms with Gasteiger partial charge in [0.1, 0.15) is 6.72 Å². The Morgan fingerprint density at radius 2 is 1.96 bits per heavy atom. The van der Waals surface area contributed by atoms with Crippen LogP contribution in [0, 0.1) is 0 Å². The molecule has 1 aliphatic carbocycles. The van der Waals surface area contributed by atoms with E-state index in [2.05, 4.69) is 16.1 Å². The number of pyridine rings is 1. The van der Waals surface area contributed by atoms with E-state index in [9.17, 15) is 9.46 Å². The summed E-state index contributed by atoms with van der Waals surface area (Å²) in [5.74, 6) is 0.385. The minimum atomic E-state index is -3.77. The van der Waals surface area contributed by atoms with Crippen molar-refractivity contribution in [2.45, 2.75) is 31.1 Å². The second kappa shape index (κ2) is 9.23. The Bertz CT molecular complexity index is 980. The fourth-order valence-electron chi connectivity index (χ4n) is 3.55. The Hall–Kier alpha value is -0.650. The molecule has 1 aliphatic rings. The number of hydrogen-bond acceptors (Lipinski definition) is 4. The predicted octanol–water partition coefficient (Wildman–Crippen LogP) is 1.61. The van der Waals surface area contributed by atoms with E-state index in [0.29, 0.717) is 5.75 Å². The van der Waals surface area contributed by atoms with Crippen LogP contribution >= 0.6 is 18.1 Å². The SMILES string of the molecule is O=P([O-])(NC1CCCc2ccccc21)SCc1cccc2cccnc12.[Na+]. The molecule has 27 heavy (non-hydrogen) atoms. The number of para-hydroxylation sites is 1. The van der Waals surface area contributed by atoms with Crippen LogP contribution in [0.25, 0.3) is 10.9 Å². The molecule has 0 bridgehead atoms. The van der Waals surface area contributed by atoms with Crippen molar-refractivity contribution in [3.63, 3.8) is 0 Å². The average Bonchev–Trinajstić information content (AvgIpc) is 2.66. The maximum atomic E-state index is 12.7. The van der Waals surface area contributed by atoms with Gasteiger partial charge in [-0.2, -0.15) is 0 Å². The van der Waals surface area contributed by atoms with E-state index in [4.69, 9.17) is 0 Å². The molecule has 0 amide bonds. The Morgan fingerprint density at radius 1 is 1.15 bits per heavy atom. The molecule has 2 unspecified atom stereocenters. The zero-order valence-corrected chi connectivity index (χ0v) is 19.0. The zero-order chi connectivity index (χ0) is 18.0. The first kappa shape index (κ1) is 21.1. The van der Waals surface area contributed by atoms with Crippen molar-refractivity contribution < 1.29 is 39.0 Å². The number of aromatic nitrogens is 1. The van der Waals surface area contributed by atoms with E-state index < -0.39 is 6.72 Å². The first-order valence-corrected chi connectivity index (χ1v) is 12.0. The van der Waals surface area contributed by atoms with Crippen molar-refractivity contribution in [1.29, 1.82) is 0 Å². The molecule has 3 aromatic rings. The molecule has 0 saturated carbocycles. The van der Waals surface area contributed by atoms with Crippen LogP contribution in [-0.2, 0) is 16.7 Å². The molecular formula is C20H20N2NaO2PS. The summed E-state index contributed by atoms with van der Waals surface area (Å²) in [6.45, 7) is -3.77. The van der Waals surface area contributed by atoms with E-state index in [1.165, 1.54) is 5.56 Å². The van der Waals surface area contributed by atoms with E-state index in [1.807, 2.05) is 48.5 Å². The van der Waals surface area contributed by atoms with Crippen LogP contribution in [0.3, 0.4) is 0 Å². The summed E-state index contributed by atoms with van der Waals surface area (Å²) >= 11 is 0.964. The van der Waals surface area contributed by atoms with Crippen LogP contribution < -0.4 is 39.5 Å². The van der Waals surface area contributed by atoms with Gasteiger partial charge in [-0.25, -0.2) is 0 Å². The molecule has 0 spiro atoms. The van der Waals surface area contributed by atoms with Gasteiger partial charge in [0.15, 0.2) is 0 Å². The predicted molar refractivity (Wildman–Crippen MR) is 106 cm³/mol. The molecule has 134 valence electrons. The average molecular weight is 406 g/mol. The number of aryl methyl sites for hydroxylation is 1. The molecular weight excluding hydrogens is 386 g/mol. The van der Waals surface area contributed by atoms with Gasteiger partial charge in [-0.3, -0.25) is 10.1 Å². The van der Waals surface area contributed by atoms with Gasteiger partial charge in [-0.15, -0.1) is 0 Å². The summed E-state index contributed by atoms with van der Waals surface area (Å²) < 4.78 is 12.7. The van der Waals surface area contributed by atoms with Crippen molar-refractivity contribution in [1.82, 2.24) is 10.1 Å². The Balaban J connectivity index is 0.00000210. The van der Waals surface area contributed by atoms with Crippen molar-refractivity contribution >= 4 is 29.0 Å². The van der Waals surface area contributed by atoms with E-state index in [-0.39, 0.29) is 35.6 Å². The molecule has 0 saturated heterocycles. The molecule has 0 fully saturated rings. The van der Waals surface area contributed by atoms with E-state index >= 15 is 0 Å². The molecule has 2 atom stereocenters. The molecule has 2 aromatic carbocycles. The molecule has 1 heterocycles. The van der Waals surface area contributed by atoms with Crippen LogP contribution in [0.4, 0.5) is 0 Å². The van der Waals surface area contributed by atoms with Crippen molar-refractivity contribution in [3.05, 3.63) is 77.5 Å². The number of rotatable bonds is 5. The normalized spacial score (nSPS) is 18.3. The molecule has 0 radical (unpaired) electrons. The maximum absolute atomic E-state index is 12.7. The molecule has 4 nitrogen and oxygen atoms in total. The zero-order valence-electron chi connectivity index (χ0n) is 15.3. The number of benzene rings is 2. The summed E-state index contributed by atoms with van der Waals surface area (Å²) in [7, 11) is 0. The first-order chi connectivity index (χ1) is 12.6. The van der Waals surface area contributed by atoms with Crippen molar-refractivity contribution in [2.75, 3.05) is 0 Å². The van der Waals surface area contributed by atoms with E-state index in [1.54, 1.807) is 6.20 Å². The van der Waals surface area contributed by atoms with Gasteiger partial charge in [-0.1, -0.05) is 59.9 Å². The number of fused-ring (bicyclic) bond motifs is 2. The summed E-state index contributed by atoms with van der Waals surface area (Å²) in [5.41, 5.74) is 4.17. The van der Waals surface area contributed by atoms with Crippen LogP contribution in [0.2, 0.25) is 0 Å². The third kappa shape index (κ3) is 5.04. The maximum Gasteiger partial charge on any atom is 1.00 e. The molecule has 0 aliphatic heterocycles. The Kier molecular flexibility index (Phi) is 7.20. The Labute approximate surface area is 185 Å². The van der Waals surface area contributed by atoms with Crippen molar-refractivity contribution in [2.24, 2.45) is 0 Å². The standard InChI is InChI=1S/C20H21N2O2PS.Na/c23-25(24,22-19-12-4-7-15-6-1-2-11-18(15)19)26-14-17-9-3-8-16-10-5-13-21-20(16)17;/h1-3,5-6,8-11,13,19H,4,7,12,14H2,(H2,22,23,24);/q;+1/p-1. The summed E-state index contributed by atoms with van der Waals surface area (Å²) in [5, 5.41) is 3.94. The van der Waals surface area contributed by atoms with Gasteiger partial charge >= 0.3 is 29.6 Å².